The van der Waals surface area contributed by atoms with Crippen LogP contribution in [-0.4, -0.2) is 46.6 Å². The molecule has 1 atom stereocenters. The van der Waals surface area contributed by atoms with Crippen LogP contribution in [0.2, 0.25) is 0 Å². The van der Waals surface area contributed by atoms with E-state index in [0.29, 0.717) is 41.4 Å². The molecule has 0 amide bonds. The van der Waals surface area contributed by atoms with Gasteiger partial charge in [0, 0.05) is 24.1 Å². The molecule has 0 spiro atoms. The van der Waals surface area contributed by atoms with E-state index < -0.39 is 17.4 Å². The number of para-hydroxylation sites is 1. The van der Waals surface area contributed by atoms with E-state index >= 15 is 0 Å². The summed E-state index contributed by atoms with van der Waals surface area (Å²) in [5.41, 5.74) is -0.549. The third-order valence-corrected chi connectivity index (χ3v) is 6.72. The molecule has 198 valence electrons. The summed E-state index contributed by atoms with van der Waals surface area (Å²) in [5.74, 6) is 0.934. The maximum atomic E-state index is 12.7. The van der Waals surface area contributed by atoms with E-state index in [1.807, 2.05) is 44.3 Å². The van der Waals surface area contributed by atoms with Gasteiger partial charge in [0.05, 0.1) is 0 Å². The first-order valence-corrected chi connectivity index (χ1v) is 11.9. The fraction of sp³-hybridized carbons (Fsp3) is 0.286. The van der Waals surface area contributed by atoms with Gasteiger partial charge in [-0.25, -0.2) is 0 Å². The van der Waals surface area contributed by atoms with Gasteiger partial charge < -0.3 is 24.0 Å². The number of hydrogen-bond donors (Lipinski definition) is 1. The zero-order chi connectivity index (χ0) is 27.0. The number of aliphatic hydroxyl groups is 1. The molecule has 1 saturated heterocycles. The molecule has 2 heterocycles. The molecule has 1 aliphatic rings. The number of benzene rings is 3. The number of alkyl halides is 3. The molecule has 38 heavy (non-hydrogen) atoms. The Balaban J connectivity index is 1.45. The molecule has 0 unspecified atom stereocenters. The van der Waals surface area contributed by atoms with Crippen molar-refractivity contribution in [3.8, 4) is 23.0 Å². The molecule has 1 fully saturated rings. The van der Waals surface area contributed by atoms with Crippen molar-refractivity contribution in [2.45, 2.75) is 25.5 Å². The molecular formula is C28H26F3N3O4. The summed E-state index contributed by atoms with van der Waals surface area (Å²) in [7, 11) is 1.94. The number of rotatable bonds is 8. The Bertz CT molecular complexity index is 1390. The maximum Gasteiger partial charge on any atom is 0.573 e. The predicted octanol–water partition coefficient (Wildman–Crippen LogP) is 5.40. The summed E-state index contributed by atoms with van der Waals surface area (Å²) in [6.45, 7) is 3.23. The van der Waals surface area contributed by atoms with Crippen LogP contribution in [-0.2, 0) is 12.2 Å². The van der Waals surface area contributed by atoms with E-state index in [1.165, 1.54) is 24.3 Å². The van der Waals surface area contributed by atoms with Crippen LogP contribution in [0.25, 0.3) is 11.5 Å². The van der Waals surface area contributed by atoms with E-state index in [0.717, 1.165) is 0 Å². The van der Waals surface area contributed by atoms with Crippen molar-refractivity contribution < 1.29 is 32.3 Å². The molecule has 3 aromatic carbocycles. The van der Waals surface area contributed by atoms with Gasteiger partial charge in [-0.3, -0.25) is 0 Å². The Morgan fingerprint density at radius 3 is 2.32 bits per heavy atom. The van der Waals surface area contributed by atoms with E-state index in [-0.39, 0.29) is 18.2 Å². The highest BCUT2D eigenvalue weighted by Crippen LogP contribution is 2.50. The van der Waals surface area contributed by atoms with Crippen molar-refractivity contribution in [1.29, 1.82) is 0 Å². The standard InChI is InChI=1S/C28H26F3N3O4/c1-26(17-34(2)18-26)27(35,20-11-13-23(14-12-20)37-28(29,30)31)21-8-6-7-19(15-21)25-32-24(33-38-25)16-36-22-9-4-3-5-10-22/h3-15,35H,16-18H2,1-2H3/t27-/m0/s1. The summed E-state index contributed by atoms with van der Waals surface area (Å²) in [6.07, 6.45) is -4.80. The third kappa shape index (κ3) is 5.09. The Morgan fingerprint density at radius 1 is 0.947 bits per heavy atom. The van der Waals surface area contributed by atoms with Gasteiger partial charge in [0.1, 0.15) is 17.1 Å². The second-order valence-electron chi connectivity index (χ2n) is 9.71. The number of hydrogen-bond acceptors (Lipinski definition) is 7. The number of aromatic nitrogens is 2. The molecule has 10 heteroatoms. The highest BCUT2D eigenvalue weighted by molar-refractivity contribution is 5.57. The molecule has 4 aromatic rings. The highest BCUT2D eigenvalue weighted by Gasteiger charge is 2.55. The first-order chi connectivity index (χ1) is 18.1. The van der Waals surface area contributed by atoms with Crippen molar-refractivity contribution in [2.24, 2.45) is 5.41 Å². The highest BCUT2D eigenvalue weighted by atomic mass is 19.4. The molecular weight excluding hydrogens is 499 g/mol. The molecule has 7 nitrogen and oxygen atoms in total. The smallest absolute Gasteiger partial charge is 0.485 e. The molecule has 1 N–H and O–H groups in total. The molecule has 0 aliphatic carbocycles. The minimum Gasteiger partial charge on any atom is -0.485 e. The quantitative estimate of drug-likeness (QED) is 0.330. The zero-order valence-corrected chi connectivity index (χ0v) is 20.8. The van der Waals surface area contributed by atoms with Crippen LogP contribution in [0.4, 0.5) is 13.2 Å². The van der Waals surface area contributed by atoms with Crippen LogP contribution in [0, 0.1) is 5.41 Å². The second kappa shape index (κ2) is 9.77. The molecule has 5 rings (SSSR count). The fourth-order valence-electron chi connectivity index (χ4n) is 5.11. The molecule has 1 aliphatic heterocycles. The number of nitrogens with zero attached hydrogens (tertiary/aromatic N) is 3. The predicted molar refractivity (Wildman–Crippen MR) is 132 cm³/mol. The lowest BCUT2D eigenvalue weighted by Crippen LogP contribution is -2.63. The largest absolute Gasteiger partial charge is 0.573 e. The van der Waals surface area contributed by atoms with Crippen LogP contribution < -0.4 is 9.47 Å². The SMILES string of the molecule is CN1CC(C)([C@](O)(c2ccc(OC(F)(F)F)cc2)c2cccc(-c3nc(COc4ccccc4)no3)c2)C1. The van der Waals surface area contributed by atoms with Gasteiger partial charge in [0.2, 0.25) is 5.82 Å². The van der Waals surface area contributed by atoms with Crippen LogP contribution in [0.3, 0.4) is 0 Å². The lowest BCUT2D eigenvalue weighted by atomic mass is 9.62. The van der Waals surface area contributed by atoms with Crippen molar-refractivity contribution in [3.05, 3.63) is 95.8 Å². The summed E-state index contributed by atoms with van der Waals surface area (Å²) in [5, 5.41) is 16.3. The van der Waals surface area contributed by atoms with Gasteiger partial charge >= 0.3 is 6.36 Å². The molecule has 0 saturated carbocycles. The molecule has 0 bridgehead atoms. The second-order valence-corrected chi connectivity index (χ2v) is 9.71. The van der Waals surface area contributed by atoms with Crippen molar-refractivity contribution >= 4 is 0 Å². The number of likely N-dealkylation sites (tertiary alicyclic amines) is 1. The Hall–Kier alpha value is -3.89. The summed E-state index contributed by atoms with van der Waals surface area (Å²) >= 11 is 0. The summed E-state index contributed by atoms with van der Waals surface area (Å²) in [6, 6.07) is 21.7. The Morgan fingerprint density at radius 2 is 1.66 bits per heavy atom. The van der Waals surface area contributed by atoms with Crippen LogP contribution in [0.5, 0.6) is 11.5 Å². The van der Waals surface area contributed by atoms with Crippen molar-refractivity contribution in [2.75, 3.05) is 20.1 Å². The van der Waals surface area contributed by atoms with E-state index in [9.17, 15) is 18.3 Å². The fourth-order valence-corrected chi connectivity index (χ4v) is 5.11. The average molecular weight is 526 g/mol. The maximum absolute atomic E-state index is 12.7. The Kier molecular flexibility index (Phi) is 6.62. The van der Waals surface area contributed by atoms with Crippen molar-refractivity contribution in [3.63, 3.8) is 0 Å². The monoisotopic (exact) mass is 525 g/mol. The van der Waals surface area contributed by atoms with Gasteiger partial charge in [-0.2, -0.15) is 4.98 Å². The lowest BCUT2D eigenvalue weighted by Gasteiger charge is -2.56. The van der Waals surface area contributed by atoms with Crippen molar-refractivity contribution in [1.82, 2.24) is 15.0 Å². The first kappa shape index (κ1) is 25.7. The van der Waals surface area contributed by atoms with Crippen LogP contribution >= 0.6 is 0 Å². The zero-order valence-electron chi connectivity index (χ0n) is 20.8. The van der Waals surface area contributed by atoms with Gasteiger partial charge in [-0.1, -0.05) is 54.5 Å². The van der Waals surface area contributed by atoms with Gasteiger partial charge in [0.15, 0.2) is 6.61 Å². The molecule has 0 radical (unpaired) electrons. The molecule has 1 aromatic heterocycles. The average Bonchev–Trinajstić information content (AvgIpc) is 3.35. The van der Waals surface area contributed by atoms with Gasteiger partial charge in [-0.05, 0) is 54.6 Å². The van der Waals surface area contributed by atoms with Gasteiger partial charge in [0.25, 0.3) is 5.89 Å². The minimum atomic E-state index is -4.80. The lowest BCUT2D eigenvalue weighted by molar-refractivity contribution is -0.274. The summed E-state index contributed by atoms with van der Waals surface area (Å²) < 4.78 is 53.2. The Labute approximate surface area is 217 Å². The normalized spacial score (nSPS) is 16.9. The topological polar surface area (TPSA) is 80.9 Å². The van der Waals surface area contributed by atoms with Gasteiger partial charge in [-0.15, -0.1) is 13.2 Å². The number of halogens is 3. The minimum absolute atomic E-state index is 0.119. The van der Waals surface area contributed by atoms with E-state index in [2.05, 4.69) is 19.8 Å². The van der Waals surface area contributed by atoms with Crippen LogP contribution in [0.1, 0.15) is 23.9 Å². The van der Waals surface area contributed by atoms with E-state index in [4.69, 9.17) is 9.26 Å². The number of ether oxygens (including phenoxy) is 2. The summed E-state index contributed by atoms with van der Waals surface area (Å²) in [4.78, 5) is 6.49. The first-order valence-electron chi connectivity index (χ1n) is 11.9. The third-order valence-electron chi connectivity index (χ3n) is 6.72. The van der Waals surface area contributed by atoms with E-state index in [1.54, 1.807) is 24.3 Å². The van der Waals surface area contributed by atoms with Crippen LogP contribution in [0.15, 0.2) is 83.4 Å².